The summed E-state index contributed by atoms with van der Waals surface area (Å²) in [5.74, 6) is 0.0653. The third-order valence-corrected chi connectivity index (χ3v) is 7.13. The van der Waals surface area contributed by atoms with Crippen molar-refractivity contribution >= 4 is 28.4 Å². The highest BCUT2D eigenvalue weighted by atomic mass is 16.7. The molecule has 0 radical (unpaired) electrons. The highest BCUT2D eigenvalue weighted by Gasteiger charge is 2.39. The first kappa shape index (κ1) is 27.2. The topological polar surface area (TPSA) is 119 Å². The van der Waals surface area contributed by atoms with E-state index in [9.17, 15) is 14.7 Å². The largest absolute Gasteiger partial charge is 0.505 e. The van der Waals surface area contributed by atoms with Crippen molar-refractivity contribution in [1.29, 1.82) is 0 Å². The number of ether oxygens (including phenoxy) is 3. The van der Waals surface area contributed by atoms with Crippen LogP contribution in [0.4, 0.5) is 16.2 Å². The second-order valence-electron chi connectivity index (χ2n) is 10.3. The Labute approximate surface area is 231 Å². The van der Waals surface area contributed by atoms with Crippen LogP contribution in [0.25, 0.3) is 22.1 Å². The van der Waals surface area contributed by atoms with Gasteiger partial charge in [0.25, 0.3) is 0 Å². The molecule has 0 bridgehead atoms. The van der Waals surface area contributed by atoms with Gasteiger partial charge in [-0.05, 0) is 62.6 Å². The first-order valence-corrected chi connectivity index (χ1v) is 13.1. The molecule has 5 rings (SSSR count). The lowest BCUT2D eigenvalue weighted by Crippen LogP contribution is -2.49. The van der Waals surface area contributed by atoms with Crippen LogP contribution < -0.4 is 21.0 Å². The fourth-order valence-corrected chi connectivity index (χ4v) is 5.02. The summed E-state index contributed by atoms with van der Waals surface area (Å²) >= 11 is 0. The van der Waals surface area contributed by atoms with Crippen molar-refractivity contribution in [2.24, 2.45) is 0 Å². The Bertz CT molecular complexity index is 1600. The highest BCUT2D eigenvalue weighted by molar-refractivity contribution is 6.03. The summed E-state index contributed by atoms with van der Waals surface area (Å²) in [6, 6.07) is 19.6. The lowest BCUT2D eigenvalue weighted by Gasteiger charge is -2.41. The zero-order valence-electron chi connectivity index (χ0n) is 22.8. The summed E-state index contributed by atoms with van der Waals surface area (Å²) in [6.07, 6.45) is 0.837. The fraction of sp³-hybridized carbons (Fsp3) is 0.290. The van der Waals surface area contributed by atoms with Crippen LogP contribution in [0, 0.1) is 6.92 Å². The first-order valence-electron chi connectivity index (χ1n) is 13.1. The van der Waals surface area contributed by atoms with Gasteiger partial charge in [0.1, 0.15) is 11.3 Å². The molecular formula is C31H32N2O7. The summed E-state index contributed by atoms with van der Waals surface area (Å²) in [6.45, 7) is 5.63. The molecule has 1 aromatic heterocycles. The van der Waals surface area contributed by atoms with Crippen molar-refractivity contribution in [2.75, 3.05) is 17.7 Å². The molecule has 3 N–H and O–H groups in total. The smallest absolute Gasteiger partial charge is 0.364 e. The third kappa shape index (κ3) is 5.52. The molecule has 0 saturated carbocycles. The molecule has 9 heteroatoms. The van der Waals surface area contributed by atoms with Gasteiger partial charge in [-0.3, -0.25) is 5.32 Å². The van der Waals surface area contributed by atoms with E-state index in [0.717, 1.165) is 17.5 Å². The van der Waals surface area contributed by atoms with Gasteiger partial charge in [0.15, 0.2) is 11.4 Å². The van der Waals surface area contributed by atoms with E-state index < -0.39 is 29.3 Å². The molecule has 2 atom stereocenters. The molecule has 1 aliphatic rings. The van der Waals surface area contributed by atoms with Crippen molar-refractivity contribution in [3.8, 4) is 22.6 Å². The molecule has 40 heavy (non-hydrogen) atoms. The number of benzene rings is 3. The van der Waals surface area contributed by atoms with E-state index in [1.165, 1.54) is 0 Å². The molecule has 9 nitrogen and oxygen atoms in total. The van der Waals surface area contributed by atoms with Gasteiger partial charge < -0.3 is 29.1 Å². The van der Waals surface area contributed by atoms with E-state index in [4.69, 9.17) is 18.6 Å². The maximum atomic E-state index is 12.8. The average molecular weight is 545 g/mol. The predicted octanol–water partition coefficient (Wildman–Crippen LogP) is 6.43. The van der Waals surface area contributed by atoms with Crippen LogP contribution in [0.2, 0.25) is 0 Å². The van der Waals surface area contributed by atoms with Gasteiger partial charge in [-0.1, -0.05) is 42.5 Å². The number of nitrogens with one attached hydrogen (secondary N) is 2. The molecule has 4 aromatic rings. The zero-order valence-corrected chi connectivity index (χ0v) is 22.8. The molecular weight excluding hydrogens is 512 g/mol. The van der Waals surface area contributed by atoms with Crippen LogP contribution in [0.15, 0.2) is 75.9 Å². The molecule has 0 unspecified atom stereocenters. The van der Waals surface area contributed by atoms with Gasteiger partial charge in [-0.25, -0.2) is 9.59 Å². The molecule has 3 aromatic carbocycles. The average Bonchev–Trinajstić information content (AvgIpc) is 2.93. The Morgan fingerprint density at radius 2 is 1.75 bits per heavy atom. The molecule has 2 amide bonds. The van der Waals surface area contributed by atoms with E-state index in [-0.39, 0.29) is 22.8 Å². The zero-order chi connectivity index (χ0) is 28.4. The molecule has 0 aliphatic carbocycles. The van der Waals surface area contributed by atoms with Crippen LogP contribution in [-0.4, -0.2) is 36.2 Å². The first-order chi connectivity index (χ1) is 19.2. The summed E-state index contributed by atoms with van der Waals surface area (Å²) in [5, 5.41) is 16.3. The number of hydrogen-bond donors (Lipinski definition) is 3. The minimum absolute atomic E-state index is 0.0454. The van der Waals surface area contributed by atoms with Gasteiger partial charge in [0.05, 0.1) is 17.1 Å². The summed E-state index contributed by atoms with van der Waals surface area (Å²) in [7, 11) is 1.66. The minimum atomic E-state index is -0.892. The second kappa shape index (κ2) is 11.0. The Morgan fingerprint density at radius 3 is 2.48 bits per heavy atom. The van der Waals surface area contributed by atoms with Crippen LogP contribution in [-0.2, 0) is 9.47 Å². The van der Waals surface area contributed by atoms with Crippen molar-refractivity contribution in [3.63, 3.8) is 0 Å². The van der Waals surface area contributed by atoms with E-state index in [1.54, 1.807) is 32.2 Å². The van der Waals surface area contributed by atoms with Crippen molar-refractivity contribution in [1.82, 2.24) is 0 Å². The lowest BCUT2D eigenvalue weighted by atomic mass is 9.94. The van der Waals surface area contributed by atoms with Crippen molar-refractivity contribution in [3.05, 3.63) is 82.7 Å². The fourth-order valence-electron chi connectivity index (χ4n) is 5.02. The Kier molecular flexibility index (Phi) is 7.51. The minimum Gasteiger partial charge on any atom is -0.505 e. The van der Waals surface area contributed by atoms with Gasteiger partial charge >= 0.3 is 11.7 Å². The number of hydrogen-bond acceptors (Lipinski definition) is 7. The normalized spacial score (nSPS) is 18.3. The van der Waals surface area contributed by atoms with Crippen LogP contribution in [0.1, 0.15) is 32.3 Å². The Hall–Kier alpha value is -4.34. The Balaban J connectivity index is 1.34. The number of urea groups is 1. The highest BCUT2D eigenvalue weighted by Crippen LogP contribution is 2.37. The van der Waals surface area contributed by atoms with Gasteiger partial charge in [0.2, 0.25) is 6.29 Å². The second-order valence-corrected chi connectivity index (χ2v) is 10.3. The number of carbonyl (C=O) groups excluding carboxylic acids is 1. The van der Waals surface area contributed by atoms with Crippen molar-refractivity contribution in [2.45, 2.75) is 51.6 Å². The number of fused-ring (bicyclic) bond motifs is 1. The van der Waals surface area contributed by atoms with Crippen molar-refractivity contribution < 1.29 is 28.5 Å². The van der Waals surface area contributed by atoms with Gasteiger partial charge in [-0.15, -0.1) is 0 Å². The predicted molar refractivity (Wildman–Crippen MR) is 153 cm³/mol. The number of aromatic hydroxyl groups is 1. The number of rotatable bonds is 6. The molecule has 0 spiro atoms. The summed E-state index contributed by atoms with van der Waals surface area (Å²) in [4.78, 5) is 25.6. The lowest BCUT2D eigenvalue weighted by molar-refractivity contribution is -0.233. The maximum absolute atomic E-state index is 12.8. The number of methoxy groups -OCH3 is 1. The number of anilines is 2. The van der Waals surface area contributed by atoms with Crippen LogP contribution in [0.5, 0.6) is 11.5 Å². The molecule has 208 valence electrons. The van der Waals surface area contributed by atoms with Gasteiger partial charge in [0, 0.05) is 24.8 Å². The maximum Gasteiger partial charge on any atom is 0.364 e. The Morgan fingerprint density at radius 1 is 1.00 bits per heavy atom. The summed E-state index contributed by atoms with van der Waals surface area (Å²) < 4.78 is 23.3. The monoisotopic (exact) mass is 544 g/mol. The quantitative estimate of drug-likeness (QED) is 0.239. The summed E-state index contributed by atoms with van der Waals surface area (Å²) in [5.41, 5.74) is 1.33. The third-order valence-electron chi connectivity index (χ3n) is 7.13. The number of carbonyl (C=O) groups is 1. The number of aryl methyl sites for hydroxylation is 1. The standard InChI is InChI=1S/C31H32N2O7/c1-18-23(38-25-16-15-24(37-4)31(2,3)40-25)14-13-22-27(34)26(29(35)39-28(18)22)33-30(36)32-21-12-8-11-20(17-21)19-9-6-5-7-10-19/h5-14,17,24-25,34H,15-16H2,1-4H3,(H2,32,33,36)/t24-,25-/m1/s1. The van der Waals surface area contributed by atoms with E-state index in [0.29, 0.717) is 23.4 Å². The van der Waals surface area contributed by atoms with Crippen LogP contribution >= 0.6 is 0 Å². The molecule has 1 aliphatic heterocycles. The number of amides is 2. The van der Waals surface area contributed by atoms with E-state index in [2.05, 4.69) is 10.6 Å². The van der Waals surface area contributed by atoms with Gasteiger partial charge in [-0.2, -0.15) is 0 Å². The van der Waals surface area contributed by atoms with E-state index in [1.807, 2.05) is 62.4 Å². The van der Waals surface area contributed by atoms with Crippen LogP contribution in [0.3, 0.4) is 0 Å². The van der Waals surface area contributed by atoms with E-state index >= 15 is 0 Å². The molecule has 2 heterocycles. The molecule has 1 saturated heterocycles. The SMILES string of the molecule is CO[C@@H]1CC[C@H](Oc2ccc3c(O)c(NC(=O)Nc4cccc(-c5ccccc5)c4)c(=O)oc3c2C)OC1(C)C. The molecule has 1 fully saturated rings.